The van der Waals surface area contributed by atoms with Gasteiger partial charge in [0.15, 0.2) is 10.8 Å². The molecule has 6 heteroatoms. The zero-order valence-corrected chi connectivity index (χ0v) is 11.0. The summed E-state index contributed by atoms with van der Waals surface area (Å²) < 4.78 is 5.13. The van der Waals surface area contributed by atoms with Crippen molar-refractivity contribution < 1.29 is 9.53 Å². The maximum Gasteiger partial charge on any atom is 0.358 e. The number of carbonyl (C=O) groups excluding carboxylic acids is 1. The number of rotatable bonds is 6. The fraction of sp³-hybridized carbons (Fsp3) is 0.154. The van der Waals surface area contributed by atoms with Crippen LogP contribution in [0.5, 0.6) is 0 Å². The highest BCUT2D eigenvalue weighted by Gasteiger charge is 2.12. The van der Waals surface area contributed by atoms with Gasteiger partial charge in [0.05, 0.1) is 5.69 Å². The van der Waals surface area contributed by atoms with E-state index in [-0.39, 0.29) is 6.61 Å². The number of hydrogen-bond donors (Lipinski definition) is 1. The van der Waals surface area contributed by atoms with Crippen LogP contribution >= 0.6 is 11.3 Å². The monoisotopic (exact) mass is 275 g/mol. The average molecular weight is 275 g/mol. The minimum Gasteiger partial charge on any atom is -0.454 e. The van der Waals surface area contributed by atoms with E-state index in [4.69, 9.17) is 4.74 Å². The molecule has 0 aliphatic heterocycles. The van der Waals surface area contributed by atoms with Crippen LogP contribution in [0.2, 0.25) is 0 Å². The van der Waals surface area contributed by atoms with Crippen LogP contribution in [-0.4, -0.2) is 22.5 Å². The summed E-state index contributed by atoms with van der Waals surface area (Å²) in [6.45, 7) is 4.35. The molecule has 19 heavy (non-hydrogen) atoms. The van der Waals surface area contributed by atoms with Crippen LogP contribution < -0.4 is 5.32 Å². The van der Waals surface area contributed by atoms with E-state index in [0.29, 0.717) is 23.1 Å². The molecule has 0 saturated carbocycles. The molecule has 0 aliphatic rings. The number of anilines is 1. The van der Waals surface area contributed by atoms with E-state index in [0.717, 1.165) is 0 Å². The second-order valence-corrected chi connectivity index (χ2v) is 4.46. The van der Waals surface area contributed by atoms with Crippen molar-refractivity contribution in [1.29, 1.82) is 0 Å². The predicted octanol–water partition coefficient (Wildman–Crippen LogP) is 2.49. The first-order valence-corrected chi connectivity index (χ1v) is 6.55. The van der Waals surface area contributed by atoms with Gasteiger partial charge in [-0.2, -0.15) is 0 Å². The number of nitrogens with one attached hydrogen (secondary N) is 1. The summed E-state index contributed by atoms with van der Waals surface area (Å²) in [6.07, 6.45) is 3.38. The molecule has 98 valence electrons. The molecule has 2 aromatic rings. The number of nitrogens with zero attached hydrogens (tertiary/aromatic N) is 2. The van der Waals surface area contributed by atoms with Gasteiger partial charge in [-0.15, -0.1) is 17.9 Å². The Morgan fingerprint density at radius 1 is 1.53 bits per heavy atom. The van der Waals surface area contributed by atoms with Gasteiger partial charge in [0, 0.05) is 18.1 Å². The standard InChI is InChI=1S/C13H13N3O2S/c1-2-6-15-13-16-11(9-19-13)12(17)18-8-10-5-3-4-7-14-10/h2-5,7,9H,1,6,8H2,(H,15,16). The molecule has 2 aromatic heterocycles. The van der Waals surface area contributed by atoms with Crippen molar-refractivity contribution in [1.82, 2.24) is 9.97 Å². The molecular formula is C13H13N3O2S. The quantitative estimate of drug-likeness (QED) is 0.648. The molecule has 0 spiro atoms. The van der Waals surface area contributed by atoms with E-state index in [2.05, 4.69) is 21.9 Å². The van der Waals surface area contributed by atoms with Crippen LogP contribution in [0.1, 0.15) is 16.2 Å². The van der Waals surface area contributed by atoms with E-state index < -0.39 is 5.97 Å². The van der Waals surface area contributed by atoms with Gasteiger partial charge in [-0.3, -0.25) is 4.98 Å². The summed E-state index contributed by atoms with van der Waals surface area (Å²) in [7, 11) is 0. The van der Waals surface area contributed by atoms with Gasteiger partial charge in [0.1, 0.15) is 6.61 Å². The summed E-state index contributed by atoms with van der Waals surface area (Å²) in [6, 6.07) is 5.45. The Bertz CT molecular complexity index is 554. The topological polar surface area (TPSA) is 64.1 Å². The van der Waals surface area contributed by atoms with Crippen LogP contribution in [0.4, 0.5) is 5.13 Å². The highest BCUT2D eigenvalue weighted by atomic mass is 32.1. The third kappa shape index (κ3) is 3.89. The van der Waals surface area contributed by atoms with Crippen molar-refractivity contribution in [3.63, 3.8) is 0 Å². The van der Waals surface area contributed by atoms with Crippen LogP contribution in [0.15, 0.2) is 42.4 Å². The Hall–Kier alpha value is -2.21. The summed E-state index contributed by atoms with van der Waals surface area (Å²) in [4.78, 5) is 19.9. The minimum atomic E-state index is -0.450. The Morgan fingerprint density at radius 2 is 2.42 bits per heavy atom. The average Bonchev–Trinajstić information content (AvgIpc) is 2.92. The highest BCUT2D eigenvalue weighted by molar-refractivity contribution is 7.13. The number of carbonyl (C=O) groups is 1. The molecule has 0 fully saturated rings. The largest absolute Gasteiger partial charge is 0.454 e. The van der Waals surface area contributed by atoms with E-state index >= 15 is 0 Å². The van der Waals surface area contributed by atoms with Crippen molar-refractivity contribution in [3.05, 3.63) is 53.8 Å². The zero-order valence-electron chi connectivity index (χ0n) is 10.2. The summed E-state index contributed by atoms with van der Waals surface area (Å²) in [5.41, 5.74) is 1.00. The van der Waals surface area contributed by atoms with Gasteiger partial charge in [-0.1, -0.05) is 12.1 Å². The summed E-state index contributed by atoms with van der Waals surface area (Å²) in [5, 5.41) is 5.34. The van der Waals surface area contributed by atoms with E-state index in [9.17, 15) is 4.79 Å². The Labute approximate surface area is 115 Å². The third-order valence-corrected chi connectivity index (χ3v) is 2.99. The lowest BCUT2D eigenvalue weighted by atomic mass is 10.4. The first-order valence-electron chi connectivity index (χ1n) is 5.67. The number of pyridine rings is 1. The Balaban J connectivity index is 1.89. The third-order valence-electron chi connectivity index (χ3n) is 2.19. The maximum absolute atomic E-state index is 11.8. The number of hydrogen-bond acceptors (Lipinski definition) is 6. The molecule has 0 atom stereocenters. The molecule has 0 aliphatic carbocycles. The molecule has 0 saturated heterocycles. The Kier molecular flexibility index (Phi) is 4.63. The molecule has 2 rings (SSSR count). The highest BCUT2D eigenvalue weighted by Crippen LogP contribution is 2.16. The van der Waals surface area contributed by atoms with Crippen molar-refractivity contribution in [3.8, 4) is 0 Å². The number of esters is 1. The van der Waals surface area contributed by atoms with Crippen LogP contribution in [-0.2, 0) is 11.3 Å². The van der Waals surface area contributed by atoms with Crippen molar-refractivity contribution in [2.24, 2.45) is 0 Å². The lowest BCUT2D eigenvalue weighted by Crippen LogP contribution is -2.07. The minimum absolute atomic E-state index is 0.145. The molecule has 0 radical (unpaired) electrons. The van der Waals surface area contributed by atoms with Crippen molar-refractivity contribution in [2.75, 3.05) is 11.9 Å². The molecule has 1 N–H and O–H groups in total. The molecule has 0 unspecified atom stereocenters. The maximum atomic E-state index is 11.8. The van der Waals surface area contributed by atoms with Gasteiger partial charge >= 0.3 is 5.97 Å². The van der Waals surface area contributed by atoms with Crippen molar-refractivity contribution >= 4 is 22.4 Å². The van der Waals surface area contributed by atoms with E-state index in [1.807, 2.05) is 12.1 Å². The molecule has 0 aromatic carbocycles. The normalized spacial score (nSPS) is 9.89. The van der Waals surface area contributed by atoms with Crippen LogP contribution in [0, 0.1) is 0 Å². The summed E-state index contributed by atoms with van der Waals surface area (Å²) in [5.74, 6) is -0.450. The van der Waals surface area contributed by atoms with Gasteiger partial charge in [-0.25, -0.2) is 9.78 Å². The zero-order chi connectivity index (χ0) is 13.5. The molecule has 5 nitrogen and oxygen atoms in total. The first-order chi connectivity index (χ1) is 9.29. The van der Waals surface area contributed by atoms with Crippen molar-refractivity contribution in [2.45, 2.75) is 6.61 Å². The molecule has 0 bridgehead atoms. The van der Waals surface area contributed by atoms with Gasteiger partial charge < -0.3 is 10.1 Å². The first kappa shape index (κ1) is 13.2. The number of thiazole rings is 1. The van der Waals surface area contributed by atoms with Gasteiger partial charge in [0.2, 0.25) is 0 Å². The lowest BCUT2D eigenvalue weighted by Gasteiger charge is -2.01. The number of ether oxygens (including phenoxy) is 1. The number of aromatic nitrogens is 2. The fourth-order valence-electron chi connectivity index (χ4n) is 1.31. The molecule has 0 amide bonds. The van der Waals surface area contributed by atoms with Crippen LogP contribution in [0.25, 0.3) is 0 Å². The van der Waals surface area contributed by atoms with E-state index in [1.165, 1.54) is 11.3 Å². The van der Waals surface area contributed by atoms with Gasteiger partial charge in [0.25, 0.3) is 0 Å². The fourth-order valence-corrected chi connectivity index (χ4v) is 2.00. The SMILES string of the molecule is C=CCNc1nc(C(=O)OCc2ccccn2)cs1. The molecule has 2 heterocycles. The summed E-state index contributed by atoms with van der Waals surface area (Å²) >= 11 is 1.35. The second-order valence-electron chi connectivity index (χ2n) is 3.60. The molecular weight excluding hydrogens is 262 g/mol. The second kappa shape index (κ2) is 6.65. The van der Waals surface area contributed by atoms with Gasteiger partial charge in [-0.05, 0) is 12.1 Å². The predicted molar refractivity (Wildman–Crippen MR) is 74.2 cm³/mol. The van der Waals surface area contributed by atoms with E-state index in [1.54, 1.807) is 23.7 Å². The Morgan fingerprint density at radius 3 is 3.16 bits per heavy atom. The lowest BCUT2D eigenvalue weighted by molar-refractivity contribution is 0.0462. The smallest absolute Gasteiger partial charge is 0.358 e. The van der Waals surface area contributed by atoms with Crippen LogP contribution in [0.3, 0.4) is 0 Å².